The summed E-state index contributed by atoms with van der Waals surface area (Å²) in [7, 11) is 0. The average molecular weight is 306 g/mol. The minimum atomic E-state index is -0.644. The van der Waals surface area contributed by atoms with Crippen LogP contribution in [0.3, 0.4) is 0 Å². The first kappa shape index (κ1) is 15.2. The summed E-state index contributed by atoms with van der Waals surface area (Å²) < 4.78 is 5.66. The highest BCUT2D eigenvalue weighted by Crippen LogP contribution is 2.24. The van der Waals surface area contributed by atoms with Crippen molar-refractivity contribution in [3.63, 3.8) is 0 Å². The summed E-state index contributed by atoms with van der Waals surface area (Å²) in [5, 5.41) is 13.1. The molecule has 0 aromatic carbocycles. The van der Waals surface area contributed by atoms with Crippen molar-refractivity contribution in [1.82, 2.24) is 15.3 Å². The zero-order valence-electron chi connectivity index (χ0n) is 13.0. The molecule has 120 valence electrons. The number of β-amino-alcohol motifs (C(OH)–C–C–N with tert-alkyl or cyclic N) is 1. The van der Waals surface area contributed by atoms with Gasteiger partial charge in [-0.05, 0) is 13.8 Å². The van der Waals surface area contributed by atoms with Crippen LogP contribution in [0.15, 0.2) is 12.4 Å². The monoisotopic (exact) mass is 306 g/mol. The molecule has 2 fully saturated rings. The van der Waals surface area contributed by atoms with Gasteiger partial charge in [0.1, 0.15) is 12.4 Å². The number of piperidine rings is 1. The lowest BCUT2D eigenvalue weighted by Crippen LogP contribution is -2.60. The number of anilines is 1. The fourth-order valence-corrected chi connectivity index (χ4v) is 2.99. The van der Waals surface area contributed by atoms with Gasteiger partial charge in [-0.25, -0.2) is 9.97 Å². The SMILES string of the molecule is C[C@H]1CC(=O)C[C@@H](COc2cnc(N3CC(C)(O)C3)nc2)N1. The van der Waals surface area contributed by atoms with E-state index in [9.17, 15) is 9.90 Å². The van der Waals surface area contributed by atoms with Crippen LogP contribution in [0.2, 0.25) is 0 Å². The maximum atomic E-state index is 11.6. The first-order valence-electron chi connectivity index (χ1n) is 7.61. The molecule has 2 atom stereocenters. The third-order valence-corrected chi connectivity index (χ3v) is 3.94. The molecule has 1 aromatic rings. The van der Waals surface area contributed by atoms with Gasteiger partial charge in [-0.15, -0.1) is 0 Å². The van der Waals surface area contributed by atoms with Crippen LogP contribution in [0.1, 0.15) is 26.7 Å². The van der Waals surface area contributed by atoms with E-state index < -0.39 is 5.60 Å². The molecule has 2 N–H and O–H groups in total. The number of ether oxygens (including phenoxy) is 1. The van der Waals surface area contributed by atoms with Crippen LogP contribution in [0.4, 0.5) is 5.95 Å². The van der Waals surface area contributed by atoms with Crippen molar-refractivity contribution in [3.8, 4) is 5.75 Å². The number of nitrogens with one attached hydrogen (secondary N) is 1. The molecule has 2 aliphatic rings. The molecule has 7 heteroatoms. The minimum Gasteiger partial charge on any atom is -0.489 e. The minimum absolute atomic E-state index is 0.0430. The standard InChI is InChI=1S/C15H22N4O3/c1-10-3-12(20)4-11(18-10)7-22-13-5-16-14(17-6-13)19-8-15(2,21)9-19/h5-6,10-11,18,21H,3-4,7-9H2,1-2H3/t10-,11-/m0/s1. The van der Waals surface area contributed by atoms with Crippen LogP contribution >= 0.6 is 0 Å². The molecule has 0 unspecified atom stereocenters. The topological polar surface area (TPSA) is 87.6 Å². The van der Waals surface area contributed by atoms with E-state index in [2.05, 4.69) is 15.3 Å². The van der Waals surface area contributed by atoms with E-state index in [1.165, 1.54) is 0 Å². The molecule has 0 amide bonds. The predicted molar refractivity (Wildman–Crippen MR) is 81.0 cm³/mol. The molecule has 1 aromatic heterocycles. The van der Waals surface area contributed by atoms with Crippen LogP contribution in [-0.4, -0.2) is 58.2 Å². The van der Waals surface area contributed by atoms with Gasteiger partial charge in [0, 0.05) is 24.9 Å². The number of Topliss-reactive ketones (excluding diaryl/α,β-unsaturated/α-hetero) is 1. The molecule has 3 heterocycles. The Labute approximate surface area is 129 Å². The second-order valence-corrected chi connectivity index (χ2v) is 6.59. The molecule has 0 bridgehead atoms. The number of aromatic nitrogens is 2. The fourth-order valence-electron chi connectivity index (χ4n) is 2.99. The first-order chi connectivity index (χ1) is 10.4. The third kappa shape index (κ3) is 3.53. The van der Waals surface area contributed by atoms with Crippen molar-refractivity contribution in [2.24, 2.45) is 0 Å². The highest BCUT2D eigenvalue weighted by atomic mass is 16.5. The molecule has 7 nitrogen and oxygen atoms in total. The van der Waals surface area contributed by atoms with Crippen LogP contribution in [-0.2, 0) is 4.79 Å². The largest absolute Gasteiger partial charge is 0.489 e. The Morgan fingerprint density at radius 3 is 2.68 bits per heavy atom. The summed E-state index contributed by atoms with van der Waals surface area (Å²) in [5.41, 5.74) is -0.644. The molecular formula is C15H22N4O3. The summed E-state index contributed by atoms with van der Waals surface area (Å²) in [6.45, 7) is 5.31. The maximum Gasteiger partial charge on any atom is 0.225 e. The lowest BCUT2D eigenvalue weighted by molar-refractivity contribution is -0.121. The number of nitrogens with zero attached hydrogens (tertiary/aromatic N) is 3. The number of aliphatic hydroxyl groups is 1. The lowest BCUT2D eigenvalue weighted by Gasteiger charge is -2.44. The molecule has 0 saturated carbocycles. The van der Waals surface area contributed by atoms with Crippen molar-refractivity contribution in [2.75, 3.05) is 24.6 Å². The third-order valence-electron chi connectivity index (χ3n) is 3.94. The van der Waals surface area contributed by atoms with Gasteiger partial charge in [0.2, 0.25) is 5.95 Å². The van der Waals surface area contributed by atoms with Crippen LogP contribution < -0.4 is 15.0 Å². The van der Waals surface area contributed by atoms with Crippen molar-refractivity contribution < 1.29 is 14.6 Å². The first-order valence-corrected chi connectivity index (χ1v) is 7.61. The molecule has 2 saturated heterocycles. The number of hydrogen-bond donors (Lipinski definition) is 2. The predicted octanol–water partition coefficient (Wildman–Crippen LogP) is 0.136. The van der Waals surface area contributed by atoms with Crippen molar-refractivity contribution in [1.29, 1.82) is 0 Å². The summed E-state index contributed by atoms with van der Waals surface area (Å²) >= 11 is 0. The van der Waals surface area contributed by atoms with Gasteiger partial charge in [0.15, 0.2) is 5.75 Å². The fraction of sp³-hybridized carbons (Fsp3) is 0.667. The highest BCUT2D eigenvalue weighted by Gasteiger charge is 2.37. The van der Waals surface area contributed by atoms with Crippen LogP contribution in [0.25, 0.3) is 0 Å². The number of ketones is 1. The molecular weight excluding hydrogens is 284 g/mol. The van der Waals surface area contributed by atoms with E-state index in [-0.39, 0.29) is 17.9 Å². The van der Waals surface area contributed by atoms with Gasteiger partial charge in [0.25, 0.3) is 0 Å². The van der Waals surface area contributed by atoms with Gasteiger partial charge >= 0.3 is 0 Å². The summed E-state index contributed by atoms with van der Waals surface area (Å²) in [6, 6.07) is 0.245. The van der Waals surface area contributed by atoms with Gasteiger partial charge in [0.05, 0.1) is 31.1 Å². The van der Waals surface area contributed by atoms with Gasteiger partial charge in [-0.3, -0.25) is 4.79 Å². The van der Waals surface area contributed by atoms with Crippen molar-refractivity contribution in [3.05, 3.63) is 12.4 Å². The lowest BCUT2D eigenvalue weighted by atomic mass is 9.98. The Bertz CT molecular complexity index is 538. The summed E-state index contributed by atoms with van der Waals surface area (Å²) in [5.74, 6) is 1.46. The Morgan fingerprint density at radius 1 is 1.41 bits per heavy atom. The molecule has 0 radical (unpaired) electrons. The molecule has 0 aliphatic carbocycles. The van der Waals surface area contributed by atoms with Crippen molar-refractivity contribution >= 4 is 11.7 Å². The van der Waals surface area contributed by atoms with Gasteiger partial charge in [-0.2, -0.15) is 0 Å². The number of rotatable bonds is 4. The Kier molecular flexibility index (Phi) is 4.01. The maximum absolute atomic E-state index is 11.6. The second-order valence-electron chi connectivity index (χ2n) is 6.59. The Morgan fingerprint density at radius 2 is 2.09 bits per heavy atom. The molecule has 22 heavy (non-hydrogen) atoms. The molecule has 0 spiro atoms. The Balaban J connectivity index is 1.50. The van der Waals surface area contributed by atoms with Crippen LogP contribution in [0.5, 0.6) is 5.75 Å². The van der Waals surface area contributed by atoms with E-state index >= 15 is 0 Å². The van der Waals surface area contributed by atoms with Gasteiger partial charge in [-0.1, -0.05) is 0 Å². The quantitative estimate of drug-likeness (QED) is 0.818. The average Bonchev–Trinajstić information content (AvgIpc) is 2.42. The van der Waals surface area contributed by atoms with Crippen molar-refractivity contribution in [2.45, 2.75) is 44.4 Å². The highest BCUT2D eigenvalue weighted by molar-refractivity contribution is 5.80. The number of carbonyl (C=O) groups excluding carboxylic acids is 1. The zero-order chi connectivity index (χ0) is 15.7. The normalized spacial score (nSPS) is 27.4. The van der Waals surface area contributed by atoms with E-state index in [0.29, 0.717) is 44.2 Å². The van der Waals surface area contributed by atoms with E-state index in [1.807, 2.05) is 11.8 Å². The smallest absolute Gasteiger partial charge is 0.225 e. The van der Waals surface area contributed by atoms with E-state index in [1.54, 1.807) is 19.3 Å². The zero-order valence-corrected chi connectivity index (χ0v) is 13.0. The molecule has 2 aliphatic heterocycles. The van der Waals surface area contributed by atoms with Crippen LogP contribution in [0, 0.1) is 0 Å². The second kappa shape index (κ2) is 5.81. The Hall–Kier alpha value is -1.73. The number of hydrogen-bond acceptors (Lipinski definition) is 7. The van der Waals surface area contributed by atoms with E-state index in [4.69, 9.17) is 4.74 Å². The summed E-state index contributed by atoms with van der Waals surface area (Å²) in [6.07, 6.45) is 4.35. The molecule has 3 rings (SSSR count). The van der Waals surface area contributed by atoms with E-state index in [0.717, 1.165) is 0 Å². The summed E-state index contributed by atoms with van der Waals surface area (Å²) in [4.78, 5) is 22.0. The number of carbonyl (C=O) groups is 1. The van der Waals surface area contributed by atoms with Gasteiger partial charge < -0.3 is 20.1 Å².